The first-order chi connectivity index (χ1) is 19.2. The number of aryl methyl sites for hydroxylation is 1. The summed E-state index contributed by atoms with van der Waals surface area (Å²) >= 11 is 0. The van der Waals surface area contributed by atoms with E-state index >= 15 is 0 Å². The Balaban J connectivity index is 0.000000142. The number of para-hydroxylation sites is 2. The minimum absolute atomic E-state index is 0.102. The van der Waals surface area contributed by atoms with E-state index in [2.05, 4.69) is 88.9 Å². The predicted molar refractivity (Wildman–Crippen MR) is 163 cm³/mol. The SMILES string of the molecule is CCCCCn1c2ccccc2c2cc(CO)ccc21.OCc1ccc2c(c1)c1ccccc1n2CC1CC1. The third-order valence-corrected chi connectivity index (χ3v) is 8.16. The van der Waals surface area contributed by atoms with E-state index in [0.29, 0.717) is 0 Å². The van der Waals surface area contributed by atoms with E-state index in [4.69, 9.17) is 0 Å². The van der Waals surface area contributed by atoms with Gasteiger partial charge in [-0.3, -0.25) is 0 Å². The fourth-order valence-corrected chi connectivity index (χ4v) is 5.91. The largest absolute Gasteiger partial charge is 0.392 e. The van der Waals surface area contributed by atoms with Gasteiger partial charge in [-0.05, 0) is 72.7 Å². The molecule has 4 heteroatoms. The standard InChI is InChI=1S/C18H21NO.C17H17NO/c1-2-3-6-11-19-17-8-5-4-7-15(17)16-12-14(13-20)9-10-18(16)19;19-11-13-7-8-17-15(9-13)14-3-1-2-4-16(14)18(17)10-12-5-6-12/h4-5,7-10,12,20H,2-3,6,11,13H2,1H3;1-4,7-9,12,19H,5-6,10-11H2. The highest BCUT2D eigenvalue weighted by molar-refractivity contribution is 6.09. The van der Waals surface area contributed by atoms with Crippen LogP contribution in [0.4, 0.5) is 0 Å². The smallest absolute Gasteiger partial charge is 0.0682 e. The molecule has 0 unspecified atom stereocenters. The van der Waals surface area contributed by atoms with Gasteiger partial charge in [-0.1, -0.05) is 68.3 Å². The molecule has 4 nitrogen and oxygen atoms in total. The molecule has 4 aromatic carbocycles. The first-order valence-corrected chi connectivity index (χ1v) is 14.4. The van der Waals surface area contributed by atoms with Crippen LogP contribution in [0.15, 0.2) is 84.9 Å². The third-order valence-electron chi connectivity index (χ3n) is 8.16. The Morgan fingerprint density at radius 1 is 0.615 bits per heavy atom. The molecule has 0 radical (unpaired) electrons. The molecule has 1 aliphatic carbocycles. The zero-order valence-corrected chi connectivity index (χ0v) is 22.8. The molecule has 200 valence electrons. The van der Waals surface area contributed by atoms with E-state index in [9.17, 15) is 10.2 Å². The van der Waals surface area contributed by atoms with Crippen LogP contribution in [0.3, 0.4) is 0 Å². The lowest BCUT2D eigenvalue weighted by Crippen LogP contribution is -1.98. The van der Waals surface area contributed by atoms with Gasteiger partial charge in [0.1, 0.15) is 0 Å². The maximum absolute atomic E-state index is 9.34. The average Bonchev–Trinajstić information content (AvgIpc) is 3.70. The van der Waals surface area contributed by atoms with Gasteiger partial charge in [-0.25, -0.2) is 0 Å². The van der Waals surface area contributed by atoms with Gasteiger partial charge in [0.05, 0.1) is 13.2 Å². The van der Waals surface area contributed by atoms with E-state index in [1.54, 1.807) is 0 Å². The normalized spacial score (nSPS) is 13.4. The maximum Gasteiger partial charge on any atom is 0.0682 e. The van der Waals surface area contributed by atoms with Gasteiger partial charge in [-0.2, -0.15) is 0 Å². The topological polar surface area (TPSA) is 50.3 Å². The van der Waals surface area contributed by atoms with Crippen molar-refractivity contribution in [1.29, 1.82) is 0 Å². The quantitative estimate of drug-likeness (QED) is 0.200. The summed E-state index contributed by atoms with van der Waals surface area (Å²) in [5.41, 5.74) is 7.16. The number of hydrogen-bond acceptors (Lipinski definition) is 2. The molecule has 0 amide bonds. The molecule has 2 heterocycles. The highest BCUT2D eigenvalue weighted by Crippen LogP contribution is 2.36. The maximum atomic E-state index is 9.34. The lowest BCUT2D eigenvalue weighted by molar-refractivity contribution is 0.282. The highest BCUT2D eigenvalue weighted by Gasteiger charge is 2.23. The zero-order valence-electron chi connectivity index (χ0n) is 22.8. The van der Waals surface area contributed by atoms with E-state index in [1.165, 1.54) is 75.7 Å². The number of rotatable bonds is 8. The Hall–Kier alpha value is -3.60. The average molecular weight is 519 g/mol. The van der Waals surface area contributed by atoms with Gasteiger partial charge in [-0.15, -0.1) is 0 Å². The van der Waals surface area contributed by atoms with Gasteiger partial charge in [0.25, 0.3) is 0 Å². The van der Waals surface area contributed by atoms with Crippen LogP contribution in [-0.4, -0.2) is 19.3 Å². The van der Waals surface area contributed by atoms with Crippen LogP contribution in [0, 0.1) is 5.92 Å². The summed E-state index contributed by atoms with van der Waals surface area (Å²) in [4.78, 5) is 0. The van der Waals surface area contributed by atoms with Crippen LogP contribution in [0.25, 0.3) is 43.6 Å². The number of aliphatic hydroxyl groups is 2. The second kappa shape index (κ2) is 11.3. The summed E-state index contributed by atoms with van der Waals surface area (Å²) in [6.45, 7) is 4.64. The molecule has 1 fully saturated rings. The number of unbranched alkanes of at least 4 members (excludes halogenated alkanes) is 2. The molecule has 2 N–H and O–H groups in total. The molecule has 7 rings (SSSR count). The summed E-state index contributed by atoms with van der Waals surface area (Å²) < 4.78 is 4.87. The van der Waals surface area contributed by atoms with Gasteiger partial charge in [0.2, 0.25) is 0 Å². The molecule has 0 saturated heterocycles. The number of nitrogens with zero attached hydrogens (tertiary/aromatic N) is 2. The molecule has 1 saturated carbocycles. The number of fused-ring (bicyclic) bond motifs is 6. The van der Waals surface area contributed by atoms with Crippen LogP contribution in [0.1, 0.15) is 50.2 Å². The van der Waals surface area contributed by atoms with Crippen molar-refractivity contribution in [2.75, 3.05) is 0 Å². The van der Waals surface area contributed by atoms with Crippen molar-refractivity contribution in [2.45, 2.75) is 65.3 Å². The van der Waals surface area contributed by atoms with Gasteiger partial charge < -0.3 is 19.3 Å². The van der Waals surface area contributed by atoms with E-state index in [-0.39, 0.29) is 13.2 Å². The Kier molecular flexibility index (Phi) is 7.40. The van der Waals surface area contributed by atoms with Gasteiger partial charge in [0, 0.05) is 56.7 Å². The molecule has 1 aliphatic rings. The van der Waals surface area contributed by atoms with Crippen molar-refractivity contribution >= 4 is 43.6 Å². The predicted octanol–water partition coefficient (Wildman–Crippen LogP) is 8.17. The van der Waals surface area contributed by atoms with Crippen LogP contribution < -0.4 is 0 Å². The Morgan fingerprint density at radius 2 is 1.13 bits per heavy atom. The fourth-order valence-electron chi connectivity index (χ4n) is 5.91. The van der Waals surface area contributed by atoms with Crippen molar-refractivity contribution < 1.29 is 10.2 Å². The van der Waals surface area contributed by atoms with Crippen molar-refractivity contribution in [3.63, 3.8) is 0 Å². The lowest BCUT2D eigenvalue weighted by atomic mass is 10.1. The molecule has 0 atom stereocenters. The summed E-state index contributed by atoms with van der Waals surface area (Å²) in [5.74, 6) is 0.858. The van der Waals surface area contributed by atoms with Gasteiger partial charge in [0.15, 0.2) is 0 Å². The summed E-state index contributed by atoms with van der Waals surface area (Å²) in [6, 6.07) is 29.8. The molecule has 0 spiro atoms. The number of aromatic nitrogens is 2. The molecule has 39 heavy (non-hydrogen) atoms. The molecule has 6 aromatic rings. The Bertz CT molecular complexity index is 1740. The van der Waals surface area contributed by atoms with Crippen molar-refractivity contribution in [2.24, 2.45) is 5.92 Å². The minimum Gasteiger partial charge on any atom is -0.392 e. The van der Waals surface area contributed by atoms with Crippen molar-refractivity contribution in [3.8, 4) is 0 Å². The summed E-state index contributed by atoms with van der Waals surface area (Å²) in [7, 11) is 0. The van der Waals surface area contributed by atoms with E-state index in [1.807, 2.05) is 12.1 Å². The molecule has 2 aromatic heterocycles. The van der Waals surface area contributed by atoms with Crippen LogP contribution in [0.2, 0.25) is 0 Å². The Morgan fingerprint density at radius 3 is 1.67 bits per heavy atom. The minimum atomic E-state index is 0.102. The van der Waals surface area contributed by atoms with Gasteiger partial charge >= 0.3 is 0 Å². The van der Waals surface area contributed by atoms with Crippen LogP contribution in [0.5, 0.6) is 0 Å². The fraction of sp³-hybridized carbons (Fsp3) is 0.314. The number of hydrogen-bond donors (Lipinski definition) is 2. The number of aliphatic hydroxyl groups excluding tert-OH is 2. The third kappa shape index (κ3) is 5.07. The zero-order chi connectivity index (χ0) is 26.8. The van der Waals surface area contributed by atoms with Crippen LogP contribution in [-0.2, 0) is 26.3 Å². The number of benzene rings is 4. The lowest BCUT2D eigenvalue weighted by Gasteiger charge is -2.07. The van der Waals surface area contributed by atoms with Crippen LogP contribution >= 0.6 is 0 Å². The van der Waals surface area contributed by atoms with E-state index in [0.717, 1.165) is 30.1 Å². The molecular formula is C35H38N2O2. The first-order valence-electron chi connectivity index (χ1n) is 14.4. The van der Waals surface area contributed by atoms with E-state index < -0.39 is 0 Å². The molecular weight excluding hydrogens is 480 g/mol. The second-order valence-electron chi connectivity index (χ2n) is 11.0. The second-order valence-corrected chi connectivity index (χ2v) is 11.0. The van der Waals surface area contributed by atoms with Crippen molar-refractivity contribution in [1.82, 2.24) is 9.13 Å². The summed E-state index contributed by atoms with van der Waals surface area (Å²) in [5, 5.41) is 23.8. The first kappa shape index (κ1) is 25.7. The van der Waals surface area contributed by atoms with Crippen molar-refractivity contribution in [3.05, 3.63) is 96.1 Å². The Labute approximate surface area is 230 Å². The highest BCUT2D eigenvalue weighted by atomic mass is 16.3. The monoisotopic (exact) mass is 518 g/mol. The molecule has 0 aliphatic heterocycles. The molecule has 0 bridgehead atoms. The summed E-state index contributed by atoms with van der Waals surface area (Å²) in [6.07, 6.45) is 6.45.